The topological polar surface area (TPSA) is 102 Å². The van der Waals surface area contributed by atoms with E-state index < -0.39 is 28.5 Å². The molecule has 1 amide bonds. The van der Waals surface area contributed by atoms with Crippen molar-refractivity contribution in [2.24, 2.45) is 0 Å². The highest BCUT2D eigenvalue weighted by Crippen LogP contribution is 2.16. The third-order valence-corrected chi connectivity index (χ3v) is 5.79. The molecule has 0 spiro atoms. The highest BCUT2D eigenvalue weighted by Gasteiger charge is 2.16. The molecule has 7 nitrogen and oxygen atoms in total. The largest absolute Gasteiger partial charge is 0.456 e. The molecule has 156 valence electrons. The Morgan fingerprint density at radius 1 is 1.07 bits per heavy atom. The summed E-state index contributed by atoms with van der Waals surface area (Å²) in [5, 5.41) is 3.57. The molecule has 0 aromatic heterocycles. The monoisotopic (exact) mass is 458 g/mol. The van der Waals surface area contributed by atoms with Gasteiger partial charge in [0.2, 0.25) is 10.0 Å². The zero-order valence-corrected chi connectivity index (χ0v) is 17.9. The number of carbonyl (C=O) groups excluding carboxylic acids is 2. The Hall–Kier alpha value is -2.13. The minimum Gasteiger partial charge on any atom is -0.456 e. The first-order chi connectivity index (χ1) is 13.7. The lowest BCUT2D eigenvalue weighted by atomic mass is 10.1. The van der Waals surface area contributed by atoms with Gasteiger partial charge in [-0.3, -0.25) is 9.59 Å². The lowest BCUT2D eigenvalue weighted by Gasteiger charge is -2.14. The third-order valence-electron chi connectivity index (χ3n) is 3.84. The predicted octanol–water partition coefficient (Wildman–Crippen LogP) is 3.08. The van der Waals surface area contributed by atoms with Crippen molar-refractivity contribution in [2.45, 2.75) is 24.3 Å². The van der Waals surface area contributed by atoms with Gasteiger partial charge in [-0.2, -0.15) is 0 Å². The van der Waals surface area contributed by atoms with E-state index in [0.717, 1.165) is 5.56 Å². The molecule has 2 rings (SSSR count). The highest BCUT2D eigenvalue weighted by molar-refractivity contribution is 7.89. The Morgan fingerprint density at radius 2 is 1.76 bits per heavy atom. The van der Waals surface area contributed by atoms with Crippen LogP contribution in [-0.2, 0) is 24.3 Å². The molecule has 0 fully saturated rings. The zero-order valence-electron chi connectivity index (χ0n) is 15.5. The number of hydrogen-bond acceptors (Lipinski definition) is 5. The van der Waals surface area contributed by atoms with Crippen molar-refractivity contribution in [3.05, 3.63) is 64.1 Å². The standard InChI is InChI=1S/C19H20Cl2N2O5S/c1-13(14-5-7-15(20)8-6-14)23-18(24)12-28-19(25)9-10-22-29(26,27)17-4-2-3-16(21)11-17/h2-8,11,13,22H,9-10,12H2,1H3,(H,23,24). The molecule has 0 aliphatic rings. The molecule has 1 atom stereocenters. The van der Waals surface area contributed by atoms with E-state index in [4.69, 9.17) is 27.9 Å². The van der Waals surface area contributed by atoms with E-state index in [9.17, 15) is 18.0 Å². The molecule has 0 aliphatic heterocycles. The maximum absolute atomic E-state index is 12.1. The number of amides is 1. The Morgan fingerprint density at radius 3 is 2.41 bits per heavy atom. The van der Waals surface area contributed by atoms with E-state index in [1.807, 2.05) is 0 Å². The molecule has 1 unspecified atom stereocenters. The Labute approximate surface area is 179 Å². The molecule has 2 aromatic rings. The van der Waals surface area contributed by atoms with Gasteiger partial charge in [0.15, 0.2) is 6.61 Å². The smallest absolute Gasteiger partial charge is 0.307 e. The number of rotatable bonds is 9. The van der Waals surface area contributed by atoms with Crippen LogP contribution in [0.4, 0.5) is 0 Å². The van der Waals surface area contributed by atoms with Crippen LogP contribution < -0.4 is 10.0 Å². The molecule has 0 heterocycles. The van der Waals surface area contributed by atoms with Crippen molar-refractivity contribution in [3.63, 3.8) is 0 Å². The molecule has 0 aliphatic carbocycles. The number of nitrogens with one attached hydrogen (secondary N) is 2. The molecule has 2 aromatic carbocycles. The minimum absolute atomic E-state index is 0.00562. The normalized spacial score (nSPS) is 12.2. The molecule has 0 saturated heterocycles. The van der Waals surface area contributed by atoms with Gasteiger partial charge in [0, 0.05) is 16.6 Å². The second kappa shape index (κ2) is 10.6. The summed E-state index contributed by atoms with van der Waals surface area (Å²) in [5.74, 6) is -1.17. The fraction of sp³-hybridized carbons (Fsp3) is 0.263. The maximum Gasteiger partial charge on any atom is 0.307 e. The number of esters is 1. The quantitative estimate of drug-likeness (QED) is 0.562. The van der Waals surface area contributed by atoms with Crippen LogP contribution >= 0.6 is 23.2 Å². The Bertz CT molecular complexity index is 965. The number of ether oxygens (including phenoxy) is 1. The van der Waals surface area contributed by atoms with Gasteiger partial charge in [-0.15, -0.1) is 0 Å². The van der Waals surface area contributed by atoms with Crippen LogP contribution in [0.2, 0.25) is 10.0 Å². The second-order valence-corrected chi connectivity index (χ2v) is 8.75. The molecular formula is C19H20Cl2N2O5S. The van der Waals surface area contributed by atoms with E-state index in [1.54, 1.807) is 37.3 Å². The first-order valence-electron chi connectivity index (χ1n) is 8.63. The van der Waals surface area contributed by atoms with E-state index in [2.05, 4.69) is 10.0 Å². The Kier molecular flexibility index (Phi) is 8.45. The minimum atomic E-state index is -3.79. The summed E-state index contributed by atoms with van der Waals surface area (Å²) < 4.78 is 31.4. The number of hydrogen-bond donors (Lipinski definition) is 2. The van der Waals surface area contributed by atoms with Gasteiger partial charge in [-0.05, 0) is 42.8 Å². The van der Waals surface area contributed by atoms with E-state index in [0.29, 0.717) is 5.02 Å². The summed E-state index contributed by atoms with van der Waals surface area (Å²) >= 11 is 11.6. The molecule has 0 saturated carbocycles. The third kappa shape index (κ3) is 7.66. The van der Waals surface area contributed by atoms with E-state index in [-0.39, 0.29) is 28.9 Å². The molecular weight excluding hydrogens is 439 g/mol. The number of halogens is 2. The van der Waals surface area contributed by atoms with Gasteiger partial charge in [0.25, 0.3) is 5.91 Å². The van der Waals surface area contributed by atoms with Gasteiger partial charge in [0.1, 0.15) is 0 Å². The van der Waals surface area contributed by atoms with E-state index >= 15 is 0 Å². The van der Waals surface area contributed by atoms with Crippen LogP contribution in [0.1, 0.15) is 24.9 Å². The van der Waals surface area contributed by atoms with Crippen LogP contribution in [0, 0.1) is 0 Å². The summed E-state index contributed by atoms with van der Waals surface area (Å²) in [6.45, 7) is 1.15. The predicted molar refractivity (Wildman–Crippen MR) is 110 cm³/mol. The summed E-state index contributed by atoms with van der Waals surface area (Å²) in [6, 6.07) is 12.5. The van der Waals surface area contributed by atoms with Gasteiger partial charge >= 0.3 is 5.97 Å². The SMILES string of the molecule is CC(NC(=O)COC(=O)CCNS(=O)(=O)c1cccc(Cl)c1)c1ccc(Cl)cc1. The van der Waals surface area contributed by atoms with Gasteiger partial charge in [0.05, 0.1) is 17.4 Å². The van der Waals surface area contributed by atoms with Gasteiger partial charge < -0.3 is 10.1 Å². The number of sulfonamides is 1. The average Bonchev–Trinajstić information content (AvgIpc) is 2.66. The van der Waals surface area contributed by atoms with Crippen LogP contribution in [0.15, 0.2) is 53.4 Å². The maximum atomic E-state index is 12.1. The van der Waals surface area contributed by atoms with Crippen LogP contribution in [-0.4, -0.2) is 33.4 Å². The summed E-state index contributed by atoms with van der Waals surface area (Å²) in [5.41, 5.74) is 0.851. The summed E-state index contributed by atoms with van der Waals surface area (Å²) in [4.78, 5) is 23.6. The van der Waals surface area contributed by atoms with Crippen molar-refractivity contribution >= 4 is 45.1 Å². The van der Waals surface area contributed by atoms with Crippen molar-refractivity contribution in [1.82, 2.24) is 10.0 Å². The van der Waals surface area contributed by atoms with Crippen LogP contribution in [0.3, 0.4) is 0 Å². The van der Waals surface area contributed by atoms with E-state index in [1.165, 1.54) is 18.2 Å². The highest BCUT2D eigenvalue weighted by atomic mass is 35.5. The van der Waals surface area contributed by atoms with Crippen LogP contribution in [0.5, 0.6) is 0 Å². The molecule has 10 heteroatoms. The fourth-order valence-corrected chi connectivity index (χ4v) is 3.80. The first-order valence-corrected chi connectivity index (χ1v) is 10.9. The molecule has 2 N–H and O–H groups in total. The summed E-state index contributed by atoms with van der Waals surface area (Å²) in [7, 11) is -3.79. The van der Waals surface area contributed by atoms with Crippen molar-refractivity contribution in [1.29, 1.82) is 0 Å². The van der Waals surface area contributed by atoms with Gasteiger partial charge in [-0.25, -0.2) is 13.1 Å². The first kappa shape index (κ1) is 23.2. The lowest BCUT2D eigenvalue weighted by molar-refractivity contribution is -0.148. The number of benzene rings is 2. The van der Waals surface area contributed by atoms with Crippen molar-refractivity contribution < 1.29 is 22.7 Å². The Balaban J connectivity index is 1.72. The molecule has 29 heavy (non-hydrogen) atoms. The average molecular weight is 459 g/mol. The zero-order chi connectivity index (χ0) is 21.4. The van der Waals surface area contributed by atoms with Crippen molar-refractivity contribution in [2.75, 3.05) is 13.2 Å². The number of carbonyl (C=O) groups is 2. The van der Waals surface area contributed by atoms with Crippen LogP contribution in [0.25, 0.3) is 0 Å². The van der Waals surface area contributed by atoms with Gasteiger partial charge in [-0.1, -0.05) is 41.4 Å². The fourth-order valence-electron chi connectivity index (χ4n) is 2.34. The molecule has 0 radical (unpaired) electrons. The lowest BCUT2D eigenvalue weighted by Crippen LogP contribution is -2.32. The summed E-state index contributed by atoms with van der Waals surface area (Å²) in [6.07, 6.45) is -0.222. The van der Waals surface area contributed by atoms with Crippen molar-refractivity contribution in [3.8, 4) is 0 Å². The second-order valence-electron chi connectivity index (χ2n) is 6.11. The molecule has 0 bridgehead atoms.